The minimum atomic E-state index is -0.480. The monoisotopic (exact) mass is 435 g/mol. The Morgan fingerprint density at radius 1 is 0.968 bits per heavy atom. The molecular weight excluding hydrogens is 418 g/mol. The quantitative estimate of drug-likeness (QED) is 0.510. The third-order valence-electron chi connectivity index (χ3n) is 4.71. The molecule has 0 saturated carbocycles. The Balaban J connectivity index is 1.91. The molecule has 3 aromatic carbocycles. The van der Waals surface area contributed by atoms with Crippen LogP contribution in [0, 0.1) is 0 Å². The highest BCUT2D eigenvalue weighted by Crippen LogP contribution is 2.29. The van der Waals surface area contributed by atoms with Gasteiger partial charge in [-0.1, -0.05) is 23.7 Å². The third-order valence-corrected chi connectivity index (χ3v) is 4.96. The summed E-state index contributed by atoms with van der Waals surface area (Å²) in [5.74, 6) is 0.801. The van der Waals surface area contributed by atoms with Gasteiger partial charge in [0, 0.05) is 22.2 Å². The number of amides is 1. The number of methoxy groups -OCH3 is 2. The maximum atomic E-state index is 13.3. The van der Waals surface area contributed by atoms with Crippen molar-refractivity contribution >= 4 is 28.4 Å². The number of fused-ring (bicyclic) bond motifs is 1. The van der Waals surface area contributed by atoms with Crippen molar-refractivity contribution in [2.24, 2.45) is 0 Å². The summed E-state index contributed by atoms with van der Waals surface area (Å²) in [5, 5.41) is 0.878. The maximum absolute atomic E-state index is 13.3. The van der Waals surface area contributed by atoms with E-state index in [0.29, 0.717) is 38.6 Å². The molecule has 0 spiro atoms. The number of nitrogens with zero attached hydrogens (tertiary/aromatic N) is 2. The number of halogens is 1. The van der Waals surface area contributed by atoms with Crippen LogP contribution < -0.4 is 20.5 Å². The van der Waals surface area contributed by atoms with E-state index in [9.17, 15) is 9.59 Å². The number of carbonyl (C=O) groups excluding carboxylic acids is 1. The Hall–Kier alpha value is -3.84. The lowest BCUT2D eigenvalue weighted by Gasteiger charge is -2.16. The highest BCUT2D eigenvalue weighted by molar-refractivity contribution is 6.30. The molecule has 0 saturated heterocycles. The van der Waals surface area contributed by atoms with Gasteiger partial charge in [-0.25, -0.2) is 4.98 Å². The van der Waals surface area contributed by atoms with Crippen LogP contribution in [0.15, 0.2) is 71.5 Å². The lowest BCUT2D eigenvalue weighted by atomic mass is 10.1. The number of hydrogen-bond donors (Lipinski definition) is 1. The first-order valence-electron chi connectivity index (χ1n) is 9.32. The first-order valence-corrected chi connectivity index (χ1v) is 9.70. The average Bonchev–Trinajstić information content (AvgIpc) is 2.80. The number of hydrogen-bond acceptors (Lipinski definition) is 5. The first kappa shape index (κ1) is 20.4. The summed E-state index contributed by atoms with van der Waals surface area (Å²) in [7, 11) is 3.06. The number of ether oxygens (including phenoxy) is 2. The van der Waals surface area contributed by atoms with Crippen LogP contribution in [0.25, 0.3) is 22.3 Å². The molecule has 8 heteroatoms. The molecule has 1 aromatic heterocycles. The number of aromatic nitrogens is 2. The molecule has 7 nitrogen and oxygen atoms in total. The van der Waals surface area contributed by atoms with Crippen LogP contribution in [-0.2, 0) is 0 Å². The van der Waals surface area contributed by atoms with E-state index < -0.39 is 11.5 Å². The van der Waals surface area contributed by atoms with Gasteiger partial charge in [0.1, 0.15) is 11.5 Å². The Labute approximate surface area is 182 Å². The summed E-state index contributed by atoms with van der Waals surface area (Å²) < 4.78 is 11.8. The topological polar surface area (TPSA) is 82.4 Å². The summed E-state index contributed by atoms with van der Waals surface area (Å²) in [6.07, 6.45) is 0. The Kier molecular flexibility index (Phi) is 5.60. The van der Waals surface area contributed by atoms with Gasteiger partial charge < -0.3 is 9.47 Å². The second kappa shape index (κ2) is 8.49. The fourth-order valence-electron chi connectivity index (χ4n) is 3.13. The largest absolute Gasteiger partial charge is 0.497 e. The van der Waals surface area contributed by atoms with Crippen LogP contribution in [0.2, 0.25) is 5.02 Å². The van der Waals surface area contributed by atoms with E-state index in [0.717, 1.165) is 4.68 Å². The summed E-state index contributed by atoms with van der Waals surface area (Å²) in [6, 6.07) is 18.4. The molecule has 0 fully saturated rings. The van der Waals surface area contributed by atoms with Crippen molar-refractivity contribution in [1.82, 2.24) is 9.66 Å². The molecule has 156 valence electrons. The minimum absolute atomic E-state index is 0.239. The predicted octanol–water partition coefficient (Wildman–Crippen LogP) is 4.12. The van der Waals surface area contributed by atoms with Crippen LogP contribution in [0.4, 0.5) is 0 Å². The second-order valence-electron chi connectivity index (χ2n) is 6.64. The number of benzene rings is 3. The van der Waals surface area contributed by atoms with E-state index in [2.05, 4.69) is 10.4 Å². The van der Waals surface area contributed by atoms with Gasteiger partial charge in [0.15, 0.2) is 5.82 Å². The molecular formula is C23H18ClN3O4. The van der Waals surface area contributed by atoms with Gasteiger partial charge in [0.25, 0.3) is 11.5 Å². The lowest BCUT2D eigenvalue weighted by molar-refractivity contribution is 0.101. The van der Waals surface area contributed by atoms with Crippen LogP contribution in [0.3, 0.4) is 0 Å². The normalized spacial score (nSPS) is 10.7. The highest BCUT2D eigenvalue weighted by atomic mass is 35.5. The lowest BCUT2D eigenvalue weighted by Crippen LogP contribution is -2.35. The molecule has 0 bridgehead atoms. The highest BCUT2D eigenvalue weighted by Gasteiger charge is 2.17. The molecule has 4 rings (SSSR count). The zero-order chi connectivity index (χ0) is 22.0. The molecule has 0 atom stereocenters. The zero-order valence-electron chi connectivity index (χ0n) is 16.8. The third kappa shape index (κ3) is 4.08. The molecule has 0 aliphatic carbocycles. The molecule has 0 aliphatic rings. The van der Waals surface area contributed by atoms with Crippen molar-refractivity contribution in [3.63, 3.8) is 0 Å². The fourth-order valence-corrected chi connectivity index (χ4v) is 3.26. The van der Waals surface area contributed by atoms with Gasteiger partial charge in [-0.2, -0.15) is 4.68 Å². The summed E-state index contributed by atoms with van der Waals surface area (Å²) in [5.41, 5.74) is 3.63. The van der Waals surface area contributed by atoms with Gasteiger partial charge in [0.05, 0.1) is 25.1 Å². The van der Waals surface area contributed by atoms with E-state index in [1.807, 2.05) is 0 Å². The fraction of sp³-hybridized carbons (Fsp3) is 0.0870. The molecule has 4 aromatic rings. The van der Waals surface area contributed by atoms with Crippen LogP contribution in [-0.4, -0.2) is 29.8 Å². The van der Waals surface area contributed by atoms with Crippen molar-refractivity contribution in [2.45, 2.75) is 0 Å². The van der Waals surface area contributed by atoms with E-state index in [4.69, 9.17) is 21.1 Å². The maximum Gasteiger partial charge on any atom is 0.280 e. The van der Waals surface area contributed by atoms with Gasteiger partial charge in [-0.15, -0.1) is 0 Å². The second-order valence-corrected chi connectivity index (χ2v) is 7.08. The van der Waals surface area contributed by atoms with Crippen molar-refractivity contribution in [3.8, 4) is 22.9 Å². The van der Waals surface area contributed by atoms with E-state index in [-0.39, 0.29) is 5.82 Å². The SMILES string of the molecule is COc1cc(OC)cc(-c2nc3ccccc3c(=O)n2NC(=O)c2ccc(Cl)cc2)c1. The Morgan fingerprint density at radius 2 is 1.61 bits per heavy atom. The van der Waals surface area contributed by atoms with Crippen LogP contribution in [0.5, 0.6) is 11.5 Å². The van der Waals surface area contributed by atoms with Gasteiger partial charge >= 0.3 is 0 Å². The summed E-state index contributed by atoms with van der Waals surface area (Å²) in [4.78, 5) is 30.8. The van der Waals surface area contributed by atoms with E-state index in [1.54, 1.807) is 66.7 Å². The van der Waals surface area contributed by atoms with Crippen molar-refractivity contribution in [1.29, 1.82) is 0 Å². The molecule has 1 heterocycles. The number of rotatable bonds is 5. The van der Waals surface area contributed by atoms with Gasteiger partial charge in [-0.05, 0) is 48.5 Å². The van der Waals surface area contributed by atoms with Crippen molar-refractivity contribution < 1.29 is 14.3 Å². The minimum Gasteiger partial charge on any atom is -0.497 e. The predicted molar refractivity (Wildman–Crippen MR) is 120 cm³/mol. The number of para-hydroxylation sites is 1. The van der Waals surface area contributed by atoms with Crippen molar-refractivity contribution in [2.75, 3.05) is 19.6 Å². The molecule has 0 radical (unpaired) electrons. The first-order chi connectivity index (χ1) is 15.0. The van der Waals surface area contributed by atoms with E-state index >= 15 is 0 Å². The number of carbonyl (C=O) groups is 1. The summed E-state index contributed by atoms with van der Waals surface area (Å²) in [6.45, 7) is 0. The average molecular weight is 436 g/mol. The van der Waals surface area contributed by atoms with Gasteiger partial charge in [-0.3, -0.25) is 15.0 Å². The Bertz CT molecular complexity index is 1310. The van der Waals surface area contributed by atoms with Crippen LogP contribution >= 0.6 is 11.6 Å². The summed E-state index contributed by atoms with van der Waals surface area (Å²) >= 11 is 5.91. The van der Waals surface area contributed by atoms with E-state index in [1.165, 1.54) is 14.2 Å². The molecule has 0 aliphatic heterocycles. The van der Waals surface area contributed by atoms with Crippen molar-refractivity contribution in [3.05, 3.63) is 87.7 Å². The smallest absolute Gasteiger partial charge is 0.280 e. The molecule has 31 heavy (non-hydrogen) atoms. The molecule has 1 N–H and O–H groups in total. The standard InChI is InChI=1S/C23H18ClN3O4/c1-30-17-11-15(12-18(13-17)31-2)21-25-20-6-4-3-5-19(20)23(29)27(21)26-22(28)14-7-9-16(24)10-8-14/h3-13H,1-2H3,(H,26,28). The molecule has 0 unspecified atom stereocenters. The molecule has 1 amide bonds. The Morgan fingerprint density at radius 3 is 2.26 bits per heavy atom. The van der Waals surface area contributed by atoms with Crippen LogP contribution in [0.1, 0.15) is 10.4 Å². The number of nitrogens with one attached hydrogen (secondary N) is 1. The zero-order valence-corrected chi connectivity index (χ0v) is 17.5. The van der Waals surface area contributed by atoms with Gasteiger partial charge in [0.2, 0.25) is 0 Å².